The van der Waals surface area contributed by atoms with Crippen molar-refractivity contribution in [2.24, 2.45) is 0 Å². The summed E-state index contributed by atoms with van der Waals surface area (Å²) < 4.78 is 0. The largest absolute Gasteiger partial charge is 0.397 e. The van der Waals surface area contributed by atoms with Gasteiger partial charge in [-0.2, -0.15) is 0 Å². The number of halogens is 1. The summed E-state index contributed by atoms with van der Waals surface area (Å²) in [6, 6.07) is 6.41. The van der Waals surface area contributed by atoms with Crippen molar-refractivity contribution in [3.8, 4) is 0 Å². The van der Waals surface area contributed by atoms with E-state index in [-0.39, 0.29) is 0 Å². The minimum atomic E-state index is 0.634. The second kappa shape index (κ2) is 5.63. The second-order valence-electron chi connectivity index (χ2n) is 4.83. The minimum Gasteiger partial charge on any atom is -0.397 e. The number of nitrogens with zero attached hydrogens (tertiary/aromatic N) is 1. The molecule has 0 aliphatic carbocycles. The molecule has 1 aromatic carbocycles. The monoisotopic (exact) mass is 252 g/mol. The van der Waals surface area contributed by atoms with Crippen LogP contribution in [0.2, 0.25) is 5.02 Å². The van der Waals surface area contributed by atoms with Gasteiger partial charge in [-0.25, -0.2) is 0 Å². The number of anilines is 2. The molecule has 1 aliphatic rings. The summed E-state index contributed by atoms with van der Waals surface area (Å²) in [7, 11) is 0. The van der Waals surface area contributed by atoms with Crippen LogP contribution < -0.4 is 10.6 Å². The number of hydrogen-bond acceptors (Lipinski definition) is 2. The van der Waals surface area contributed by atoms with Crippen molar-refractivity contribution in [1.82, 2.24) is 0 Å². The van der Waals surface area contributed by atoms with Gasteiger partial charge in [-0.15, -0.1) is 0 Å². The lowest BCUT2D eigenvalue weighted by molar-refractivity contribution is 0.435. The van der Waals surface area contributed by atoms with Gasteiger partial charge in [-0.3, -0.25) is 0 Å². The molecule has 2 rings (SSSR count). The van der Waals surface area contributed by atoms with Crippen LogP contribution in [0.5, 0.6) is 0 Å². The average Bonchev–Trinajstić information content (AvgIpc) is 2.34. The van der Waals surface area contributed by atoms with Gasteiger partial charge in [0.25, 0.3) is 0 Å². The summed E-state index contributed by atoms with van der Waals surface area (Å²) in [5.41, 5.74) is 8.04. The first-order valence-corrected chi connectivity index (χ1v) is 6.92. The quantitative estimate of drug-likeness (QED) is 0.822. The maximum absolute atomic E-state index is 6.08. The SMILES string of the molecule is CCCC1CCCCN1c1cc(Cl)ccc1N. The molecule has 1 aromatic rings. The predicted molar refractivity (Wildman–Crippen MR) is 75.8 cm³/mol. The van der Waals surface area contributed by atoms with Crippen LogP contribution in [-0.2, 0) is 0 Å². The van der Waals surface area contributed by atoms with E-state index >= 15 is 0 Å². The van der Waals surface area contributed by atoms with Crippen LogP contribution >= 0.6 is 11.6 Å². The number of rotatable bonds is 3. The highest BCUT2D eigenvalue weighted by Gasteiger charge is 2.23. The normalized spacial score (nSPS) is 20.6. The molecule has 3 heteroatoms. The van der Waals surface area contributed by atoms with Gasteiger partial charge in [0.1, 0.15) is 0 Å². The predicted octanol–water partition coefficient (Wildman–Crippen LogP) is 4.08. The molecule has 0 radical (unpaired) electrons. The Hall–Kier alpha value is -0.890. The van der Waals surface area contributed by atoms with Crippen LogP contribution in [-0.4, -0.2) is 12.6 Å². The molecule has 2 nitrogen and oxygen atoms in total. The fourth-order valence-corrected chi connectivity index (χ4v) is 2.88. The number of nitrogens with two attached hydrogens (primary N) is 1. The molecule has 94 valence electrons. The lowest BCUT2D eigenvalue weighted by atomic mass is 9.97. The molecule has 1 aliphatic heterocycles. The first-order valence-electron chi connectivity index (χ1n) is 6.54. The van der Waals surface area contributed by atoms with E-state index in [9.17, 15) is 0 Å². The molecule has 0 spiro atoms. The standard InChI is InChI=1S/C14H21ClN2/c1-2-5-12-6-3-4-9-17(12)14-10-11(15)7-8-13(14)16/h7-8,10,12H,2-6,9,16H2,1H3. The first kappa shape index (κ1) is 12.6. The zero-order valence-electron chi connectivity index (χ0n) is 10.5. The molecule has 0 aromatic heterocycles. The lowest BCUT2D eigenvalue weighted by Gasteiger charge is -2.38. The topological polar surface area (TPSA) is 29.3 Å². The van der Waals surface area contributed by atoms with Gasteiger partial charge in [0.15, 0.2) is 0 Å². The number of benzene rings is 1. The molecule has 1 heterocycles. The number of hydrogen-bond donors (Lipinski definition) is 1. The summed E-state index contributed by atoms with van der Waals surface area (Å²) >= 11 is 6.08. The maximum Gasteiger partial charge on any atom is 0.0617 e. The summed E-state index contributed by atoms with van der Waals surface area (Å²) in [6.07, 6.45) is 6.33. The zero-order chi connectivity index (χ0) is 12.3. The van der Waals surface area contributed by atoms with E-state index in [2.05, 4.69) is 11.8 Å². The highest BCUT2D eigenvalue weighted by atomic mass is 35.5. The van der Waals surface area contributed by atoms with E-state index in [1.807, 2.05) is 18.2 Å². The smallest absolute Gasteiger partial charge is 0.0617 e. The van der Waals surface area contributed by atoms with E-state index in [4.69, 9.17) is 17.3 Å². The Morgan fingerprint density at radius 3 is 3.00 bits per heavy atom. The molecule has 1 fully saturated rings. The van der Waals surface area contributed by atoms with Crippen LogP contribution in [0.4, 0.5) is 11.4 Å². The van der Waals surface area contributed by atoms with E-state index in [1.54, 1.807) is 0 Å². The zero-order valence-corrected chi connectivity index (χ0v) is 11.2. The van der Waals surface area contributed by atoms with Crippen LogP contribution in [0.15, 0.2) is 18.2 Å². The molecule has 1 saturated heterocycles. The molecule has 1 atom stereocenters. The summed E-state index contributed by atoms with van der Waals surface area (Å²) in [5.74, 6) is 0. The molecule has 1 unspecified atom stereocenters. The Morgan fingerprint density at radius 2 is 2.24 bits per heavy atom. The summed E-state index contributed by atoms with van der Waals surface area (Å²) in [6.45, 7) is 3.35. The van der Waals surface area contributed by atoms with Crippen LogP contribution in [0.25, 0.3) is 0 Å². The third-order valence-corrected chi connectivity index (χ3v) is 3.79. The Morgan fingerprint density at radius 1 is 1.41 bits per heavy atom. The van der Waals surface area contributed by atoms with Crippen molar-refractivity contribution < 1.29 is 0 Å². The van der Waals surface area contributed by atoms with Crippen molar-refractivity contribution in [2.45, 2.75) is 45.1 Å². The van der Waals surface area contributed by atoms with Crippen molar-refractivity contribution >= 4 is 23.0 Å². The highest BCUT2D eigenvalue weighted by molar-refractivity contribution is 6.31. The fourth-order valence-electron chi connectivity index (χ4n) is 2.72. The molecule has 0 saturated carbocycles. The lowest BCUT2D eigenvalue weighted by Crippen LogP contribution is -2.39. The second-order valence-corrected chi connectivity index (χ2v) is 5.27. The fraction of sp³-hybridized carbons (Fsp3) is 0.571. The Labute approximate surface area is 109 Å². The van der Waals surface area contributed by atoms with E-state index in [0.29, 0.717) is 6.04 Å². The van der Waals surface area contributed by atoms with Gasteiger partial charge in [-0.1, -0.05) is 24.9 Å². The van der Waals surface area contributed by atoms with E-state index < -0.39 is 0 Å². The summed E-state index contributed by atoms with van der Waals surface area (Å²) in [4.78, 5) is 2.45. The maximum atomic E-state index is 6.08. The first-order chi connectivity index (χ1) is 8.22. The van der Waals surface area contributed by atoms with Crippen LogP contribution in [0.3, 0.4) is 0 Å². The van der Waals surface area contributed by atoms with E-state index in [0.717, 1.165) is 22.9 Å². The third-order valence-electron chi connectivity index (χ3n) is 3.55. The molecular formula is C14H21ClN2. The Balaban J connectivity index is 2.25. The molecule has 0 bridgehead atoms. The molecular weight excluding hydrogens is 232 g/mol. The summed E-state index contributed by atoms with van der Waals surface area (Å²) in [5, 5.41) is 0.773. The van der Waals surface area contributed by atoms with Crippen LogP contribution in [0, 0.1) is 0 Å². The Kier molecular flexibility index (Phi) is 4.16. The van der Waals surface area contributed by atoms with Crippen molar-refractivity contribution in [2.75, 3.05) is 17.2 Å². The van der Waals surface area contributed by atoms with Gasteiger partial charge in [0, 0.05) is 17.6 Å². The minimum absolute atomic E-state index is 0.634. The highest BCUT2D eigenvalue weighted by Crippen LogP contribution is 2.33. The average molecular weight is 253 g/mol. The van der Waals surface area contributed by atoms with Crippen molar-refractivity contribution in [3.05, 3.63) is 23.2 Å². The third kappa shape index (κ3) is 2.86. The Bertz CT molecular complexity index is 376. The van der Waals surface area contributed by atoms with E-state index in [1.165, 1.54) is 32.1 Å². The van der Waals surface area contributed by atoms with Gasteiger partial charge in [0.2, 0.25) is 0 Å². The van der Waals surface area contributed by atoms with Gasteiger partial charge < -0.3 is 10.6 Å². The molecule has 0 amide bonds. The van der Waals surface area contributed by atoms with Crippen LogP contribution in [0.1, 0.15) is 39.0 Å². The number of piperidine rings is 1. The molecule has 2 N–H and O–H groups in total. The van der Waals surface area contributed by atoms with Crippen molar-refractivity contribution in [1.29, 1.82) is 0 Å². The van der Waals surface area contributed by atoms with Gasteiger partial charge >= 0.3 is 0 Å². The number of nitrogen functional groups attached to an aromatic ring is 1. The van der Waals surface area contributed by atoms with Gasteiger partial charge in [0.05, 0.1) is 11.4 Å². The van der Waals surface area contributed by atoms with Crippen molar-refractivity contribution in [3.63, 3.8) is 0 Å². The van der Waals surface area contributed by atoms with Gasteiger partial charge in [-0.05, 0) is 43.9 Å². The molecule has 17 heavy (non-hydrogen) atoms.